The maximum absolute atomic E-state index is 11.2. The normalized spacial score (nSPS) is 12.5. The molecule has 0 unspecified atom stereocenters. The first-order valence-corrected chi connectivity index (χ1v) is 7.84. The van der Waals surface area contributed by atoms with E-state index in [1.807, 2.05) is 50.4 Å². The van der Waals surface area contributed by atoms with E-state index >= 15 is 0 Å². The van der Waals surface area contributed by atoms with Crippen LogP contribution >= 0.6 is 11.3 Å². The molecule has 1 heterocycles. The summed E-state index contributed by atoms with van der Waals surface area (Å²) in [6.45, 7) is 4.59. The first kappa shape index (κ1) is 15.7. The van der Waals surface area contributed by atoms with Gasteiger partial charge in [-0.25, -0.2) is 4.98 Å². The van der Waals surface area contributed by atoms with E-state index in [1.54, 1.807) is 11.3 Å². The third kappa shape index (κ3) is 4.65. The van der Waals surface area contributed by atoms with Crippen LogP contribution in [0.1, 0.15) is 25.1 Å². The number of carboxylic acids is 1. The van der Waals surface area contributed by atoms with Gasteiger partial charge in [-0.3, -0.25) is 10.1 Å². The van der Waals surface area contributed by atoms with Crippen molar-refractivity contribution in [3.63, 3.8) is 0 Å². The minimum atomic E-state index is -0.795. The molecule has 21 heavy (non-hydrogen) atoms. The van der Waals surface area contributed by atoms with Crippen molar-refractivity contribution in [2.24, 2.45) is 5.92 Å². The summed E-state index contributed by atoms with van der Waals surface area (Å²) in [7, 11) is 0. The fraction of sp³-hybridized carbons (Fsp3) is 0.375. The molecule has 0 bridgehead atoms. The Morgan fingerprint density at radius 2 is 2.05 bits per heavy atom. The molecule has 2 N–H and O–H groups in total. The minimum absolute atomic E-state index is 0.347. The molecule has 5 heteroatoms. The van der Waals surface area contributed by atoms with E-state index in [0.717, 1.165) is 15.4 Å². The monoisotopic (exact) mass is 304 g/mol. The van der Waals surface area contributed by atoms with Crippen LogP contribution in [0, 0.1) is 5.92 Å². The van der Waals surface area contributed by atoms with E-state index in [2.05, 4.69) is 10.3 Å². The summed E-state index contributed by atoms with van der Waals surface area (Å²) in [4.78, 5) is 16.7. The zero-order chi connectivity index (χ0) is 15.2. The number of rotatable bonds is 7. The van der Waals surface area contributed by atoms with Gasteiger partial charge in [-0.2, -0.15) is 0 Å². The van der Waals surface area contributed by atoms with Crippen LogP contribution in [0.25, 0.3) is 10.6 Å². The SMILES string of the molecule is CC(C)C[C@@H](NCc1cnc(-c2ccccc2)s1)C(=O)O. The van der Waals surface area contributed by atoms with Crippen LogP contribution in [0.3, 0.4) is 0 Å². The molecule has 0 saturated carbocycles. The zero-order valence-electron chi connectivity index (χ0n) is 12.2. The molecule has 0 spiro atoms. The van der Waals surface area contributed by atoms with Crippen molar-refractivity contribution in [2.75, 3.05) is 0 Å². The Morgan fingerprint density at radius 3 is 2.67 bits per heavy atom. The summed E-state index contributed by atoms with van der Waals surface area (Å²) in [5.74, 6) is -0.448. The summed E-state index contributed by atoms with van der Waals surface area (Å²) < 4.78 is 0. The van der Waals surface area contributed by atoms with Gasteiger partial charge >= 0.3 is 5.97 Å². The number of aliphatic carboxylic acids is 1. The second-order valence-corrected chi connectivity index (χ2v) is 6.51. The van der Waals surface area contributed by atoms with E-state index < -0.39 is 12.0 Å². The molecular weight excluding hydrogens is 284 g/mol. The van der Waals surface area contributed by atoms with Crippen LogP contribution in [0.15, 0.2) is 36.5 Å². The van der Waals surface area contributed by atoms with Gasteiger partial charge in [-0.05, 0) is 12.3 Å². The topological polar surface area (TPSA) is 62.2 Å². The summed E-state index contributed by atoms with van der Waals surface area (Å²) in [6.07, 6.45) is 2.44. The lowest BCUT2D eigenvalue weighted by molar-refractivity contribution is -0.140. The van der Waals surface area contributed by atoms with Crippen LogP contribution in [-0.4, -0.2) is 22.1 Å². The lowest BCUT2D eigenvalue weighted by Crippen LogP contribution is -2.37. The molecule has 1 aromatic heterocycles. The van der Waals surface area contributed by atoms with Gasteiger partial charge in [0.1, 0.15) is 11.0 Å². The smallest absolute Gasteiger partial charge is 0.320 e. The van der Waals surface area contributed by atoms with Gasteiger partial charge in [0, 0.05) is 23.2 Å². The average Bonchev–Trinajstić information content (AvgIpc) is 2.92. The van der Waals surface area contributed by atoms with E-state index in [1.165, 1.54) is 0 Å². The molecule has 2 rings (SSSR count). The Bertz CT molecular complexity index is 581. The van der Waals surface area contributed by atoms with Crippen LogP contribution in [0.5, 0.6) is 0 Å². The quantitative estimate of drug-likeness (QED) is 0.823. The largest absolute Gasteiger partial charge is 0.480 e. The zero-order valence-corrected chi connectivity index (χ0v) is 13.1. The molecule has 0 radical (unpaired) electrons. The Balaban J connectivity index is 1.98. The molecule has 0 fully saturated rings. The van der Waals surface area contributed by atoms with Crippen molar-refractivity contribution in [1.82, 2.24) is 10.3 Å². The third-order valence-electron chi connectivity index (χ3n) is 3.10. The highest BCUT2D eigenvalue weighted by Crippen LogP contribution is 2.24. The summed E-state index contributed by atoms with van der Waals surface area (Å²) >= 11 is 1.59. The predicted molar refractivity (Wildman–Crippen MR) is 85.3 cm³/mol. The first-order valence-electron chi connectivity index (χ1n) is 7.02. The second-order valence-electron chi connectivity index (χ2n) is 5.40. The molecule has 0 aliphatic rings. The second kappa shape index (κ2) is 7.33. The number of nitrogens with one attached hydrogen (secondary N) is 1. The van der Waals surface area contributed by atoms with Crippen molar-refractivity contribution in [2.45, 2.75) is 32.9 Å². The highest BCUT2D eigenvalue weighted by atomic mass is 32.1. The first-order chi connectivity index (χ1) is 10.1. The third-order valence-corrected chi connectivity index (χ3v) is 4.15. The Hall–Kier alpha value is -1.72. The molecule has 2 aromatic rings. The number of hydrogen-bond acceptors (Lipinski definition) is 4. The number of benzene rings is 1. The Morgan fingerprint density at radius 1 is 1.33 bits per heavy atom. The number of thiazole rings is 1. The van der Waals surface area contributed by atoms with Crippen LogP contribution in [0.2, 0.25) is 0 Å². The number of carboxylic acid groups (broad SMARTS) is 1. The molecule has 112 valence electrons. The molecule has 0 saturated heterocycles. The average molecular weight is 304 g/mol. The predicted octanol–water partition coefficient (Wildman–Crippen LogP) is 3.40. The Labute approximate surface area is 128 Å². The van der Waals surface area contributed by atoms with E-state index in [0.29, 0.717) is 18.9 Å². The fourth-order valence-electron chi connectivity index (χ4n) is 2.07. The van der Waals surface area contributed by atoms with Gasteiger partial charge in [0.05, 0.1) is 0 Å². The van der Waals surface area contributed by atoms with Crippen LogP contribution in [0.4, 0.5) is 0 Å². The van der Waals surface area contributed by atoms with Crippen molar-refractivity contribution < 1.29 is 9.90 Å². The molecule has 1 aromatic carbocycles. The van der Waals surface area contributed by atoms with Gasteiger partial charge in [0.15, 0.2) is 0 Å². The van der Waals surface area contributed by atoms with Crippen molar-refractivity contribution in [1.29, 1.82) is 0 Å². The van der Waals surface area contributed by atoms with Gasteiger partial charge < -0.3 is 5.11 Å². The lowest BCUT2D eigenvalue weighted by atomic mass is 10.0. The lowest BCUT2D eigenvalue weighted by Gasteiger charge is -2.15. The maximum atomic E-state index is 11.2. The van der Waals surface area contributed by atoms with Crippen molar-refractivity contribution in [3.05, 3.63) is 41.4 Å². The highest BCUT2D eigenvalue weighted by molar-refractivity contribution is 7.15. The number of carbonyl (C=O) groups is 1. The molecule has 1 atom stereocenters. The van der Waals surface area contributed by atoms with Gasteiger partial charge in [-0.15, -0.1) is 11.3 Å². The van der Waals surface area contributed by atoms with Gasteiger partial charge in [-0.1, -0.05) is 44.2 Å². The molecule has 0 aliphatic heterocycles. The summed E-state index contributed by atoms with van der Waals surface area (Å²) in [5.41, 5.74) is 1.09. The Kier molecular flexibility index (Phi) is 5.47. The molecule has 4 nitrogen and oxygen atoms in total. The van der Waals surface area contributed by atoms with E-state index in [9.17, 15) is 9.90 Å². The van der Waals surface area contributed by atoms with Crippen molar-refractivity contribution >= 4 is 17.3 Å². The van der Waals surface area contributed by atoms with Crippen LogP contribution < -0.4 is 5.32 Å². The molecule has 0 aliphatic carbocycles. The van der Waals surface area contributed by atoms with Gasteiger partial charge in [0.2, 0.25) is 0 Å². The van der Waals surface area contributed by atoms with Gasteiger partial charge in [0.25, 0.3) is 0 Å². The molecule has 0 amide bonds. The number of aromatic nitrogens is 1. The highest BCUT2D eigenvalue weighted by Gasteiger charge is 2.18. The van der Waals surface area contributed by atoms with Crippen molar-refractivity contribution in [3.8, 4) is 10.6 Å². The fourth-order valence-corrected chi connectivity index (χ4v) is 2.94. The molecular formula is C16H20N2O2S. The minimum Gasteiger partial charge on any atom is -0.480 e. The maximum Gasteiger partial charge on any atom is 0.320 e. The summed E-state index contributed by atoms with van der Waals surface area (Å²) in [5, 5.41) is 13.3. The van der Waals surface area contributed by atoms with E-state index in [-0.39, 0.29) is 0 Å². The van der Waals surface area contributed by atoms with E-state index in [4.69, 9.17) is 0 Å². The van der Waals surface area contributed by atoms with Crippen LogP contribution in [-0.2, 0) is 11.3 Å². The number of nitrogens with zero attached hydrogens (tertiary/aromatic N) is 1. The number of hydrogen-bond donors (Lipinski definition) is 2. The summed E-state index contributed by atoms with van der Waals surface area (Å²) in [6, 6.07) is 9.48. The standard InChI is InChI=1S/C16H20N2O2S/c1-11(2)8-14(16(19)20)17-9-13-10-18-15(21-13)12-6-4-3-5-7-12/h3-7,10-11,14,17H,8-9H2,1-2H3,(H,19,20)/t14-/m1/s1.